The topological polar surface area (TPSA) is 92.5 Å². The number of hydrogen-bond donors (Lipinski definition) is 2. The predicted molar refractivity (Wildman–Crippen MR) is 101 cm³/mol. The summed E-state index contributed by atoms with van der Waals surface area (Å²) >= 11 is 6.08. The van der Waals surface area contributed by atoms with Crippen LogP contribution in [0.3, 0.4) is 0 Å². The minimum absolute atomic E-state index is 0.0102. The second-order valence-electron chi connectivity index (χ2n) is 6.30. The molecule has 3 rings (SSSR count). The Labute approximate surface area is 158 Å². The van der Waals surface area contributed by atoms with Crippen molar-refractivity contribution in [1.29, 1.82) is 0 Å². The van der Waals surface area contributed by atoms with Crippen LogP contribution in [0.2, 0.25) is 5.02 Å². The van der Waals surface area contributed by atoms with Gasteiger partial charge in [-0.1, -0.05) is 23.7 Å². The molecule has 8 heteroatoms. The lowest BCUT2D eigenvalue weighted by Gasteiger charge is -2.24. The van der Waals surface area contributed by atoms with E-state index in [1.807, 2.05) is 24.3 Å². The molecule has 6 nitrogen and oxygen atoms in total. The van der Waals surface area contributed by atoms with Crippen molar-refractivity contribution in [2.24, 2.45) is 5.14 Å². The lowest BCUT2D eigenvalue weighted by molar-refractivity contribution is -0.117. The van der Waals surface area contributed by atoms with Gasteiger partial charge in [-0.05, 0) is 61.3 Å². The average Bonchev–Trinajstić information content (AvgIpc) is 3.02. The maximum Gasteiger partial charge on any atom is 0.238 e. The monoisotopic (exact) mass is 393 g/mol. The van der Waals surface area contributed by atoms with Crippen molar-refractivity contribution in [3.63, 3.8) is 0 Å². The number of hydrogen-bond acceptors (Lipinski definition) is 4. The molecule has 1 atom stereocenters. The summed E-state index contributed by atoms with van der Waals surface area (Å²) in [6, 6.07) is 13.7. The highest BCUT2D eigenvalue weighted by Gasteiger charge is 2.27. The normalized spacial score (nSPS) is 18.0. The number of nitrogens with one attached hydrogen (secondary N) is 1. The zero-order valence-electron chi connectivity index (χ0n) is 14.1. The van der Waals surface area contributed by atoms with E-state index in [9.17, 15) is 13.2 Å². The van der Waals surface area contributed by atoms with E-state index in [0.717, 1.165) is 24.9 Å². The van der Waals surface area contributed by atoms with E-state index < -0.39 is 10.0 Å². The van der Waals surface area contributed by atoms with Crippen LogP contribution < -0.4 is 10.5 Å². The van der Waals surface area contributed by atoms with Crippen LogP contribution >= 0.6 is 11.6 Å². The molecular weight excluding hydrogens is 374 g/mol. The molecule has 1 saturated heterocycles. The van der Waals surface area contributed by atoms with E-state index in [-0.39, 0.29) is 23.4 Å². The van der Waals surface area contributed by atoms with Gasteiger partial charge in [-0.25, -0.2) is 13.6 Å². The van der Waals surface area contributed by atoms with E-state index >= 15 is 0 Å². The highest BCUT2D eigenvalue weighted by atomic mass is 35.5. The summed E-state index contributed by atoms with van der Waals surface area (Å²) in [5.41, 5.74) is 1.64. The third-order valence-electron chi connectivity index (χ3n) is 4.41. The number of primary sulfonamides is 1. The highest BCUT2D eigenvalue weighted by molar-refractivity contribution is 7.89. The van der Waals surface area contributed by atoms with Crippen LogP contribution in [0.1, 0.15) is 24.4 Å². The van der Waals surface area contributed by atoms with Gasteiger partial charge in [-0.15, -0.1) is 0 Å². The number of rotatable bonds is 5. The maximum absolute atomic E-state index is 12.4. The molecule has 0 bridgehead atoms. The average molecular weight is 394 g/mol. The third kappa shape index (κ3) is 4.62. The van der Waals surface area contributed by atoms with Crippen molar-refractivity contribution < 1.29 is 13.2 Å². The molecule has 1 heterocycles. The van der Waals surface area contributed by atoms with E-state index in [4.69, 9.17) is 16.7 Å². The molecule has 0 saturated carbocycles. The number of amides is 1. The van der Waals surface area contributed by atoms with Crippen molar-refractivity contribution in [2.45, 2.75) is 23.8 Å². The molecule has 1 aliphatic heterocycles. The Morgan fingerprint density at radius 1 is 1.23 bits per heavy atom. The van der Waals surface area contributed by atoms with E-state index in [1.165, 1.54) is 24.3 Å². The molecule has 1 fully saturated rings. The molecule has 3 N–H and O–H groups in total. The minimum Gasteiger partial charge on any atom is -0.325 e. The van der Waals surface area contributed by atoms with Crippen LogP contribution in [0.15, 0.2) is 53.4 Å². The Balaban J connectivity index is 1.64. The molecule has 0 radical (unpaired) electrons. The molecule has 138 valence electrons. The number of carbonyl (C=O) groups excluding carboxylic acids is 1. The van der Waals surface area contributed by atoms with Gasteiger partial charge in [0.05, 0.1) is 11.4 Å². The highest BCUT2D eigenvalue weighted by Crippen LogP contribution is 2.32. The summed E-state index contributed by atoms with van der Waals surface area (Å²) in [5.74, 6) is -0.151. The smallest absolute Gasteiger partial charge is 0.238 e. The van der Waals surface area contributed by atoms with Crippen LogP contribution in [0.4, 0.5) is 5.69 Å². The van der Waals surface area contributed by atoms with Crippen molar-refractivity contribution in [2.75, 3.05) is 18.4 Å². The van der Waals surface area contributed by atoms with E-state index in [1.54, 1.807) is 0 Å². The fourth-order valence-corrected chi connectivity index (χ4v) is 3.93. The SMILES string of the molecule is NS(=O)(=O)c1ccc(NC(=O)CN2CCCC2c2cccc(Cl)c2)cc1. The van der Waals surface area contributed by atoms with Gasteiger partial charge in [0, 0.05) is 16.8 Å². The van der Waals surface area contributed by atoms with Crippen LogP contribution in [-0.2, 0) is 14.8 Å². The Hall–Kier alpha value is -1.93. The Morgan fingerprint density at radius 3 is 2.62 bits per heavy atom. The lowest BCUT2D eigenvalue weighted by atomic mass is 10.0. The van der Waals surface area contributed by atoms with E-state index in [2.05, 4.69) is 10.2 Å². The van der Waals surface area contributed by atoms with Gasteiger partial charge < -0.3 is 5.32 Å². The molecule has 0 spiro atoms. The summed E-state index contributed by atoms with van der Waals surface area (Å²) < 4.78 is 22.5. The quantitative estimate of drug-likeness (QED) is 0.816. The second kappa shape index (κ2) is 7.75. The van der Waals surface area contributed by atoms with Crippen molar-refractivity contribution >= 4 is 33.2 Å². The van der Waals surface area contributed by atoms with Gasteiger partial charge in [-0.2, -0.15) is 0 Å². The molecule has 0 aliphatic carbocycles. The Morgan fingerprint density at radius 2 is 1.96 bits per heavy atom. The van der Waals surface area contributed by atoms with Crippen LogP contribution in [-0.4, -0.2) is 32.3 Å². The molecular formula is C18H20ClN3O3S. The molecule has 26 heavy (non-hydrogen) atoms. The number of carbonyl (C=O) groups is 1. The van der Waals surface area contributed by atoms with Gasteiger partial charge in [0.1, 0.15) is 0 Å². The van der Waals surface area contributed by atoms with Gasteiger partial charge in [-0.3, -0.25) is 9.69 Å². The van der Waals surface area contributed by atoms with Crippen molar-refractivity contribution in [3.05, 3.63) is 59.1 Å². The first-order chi connectivity index (χ1) is 12.3. The summed E-state index contributed by atoms with van der Waals surface area (Å²) in [4.78, 5) is 14.5. The first-order valence-corrected chi connectivity index (χ1v) is 10.2. The number of sulfonamides is 1. The zero-order valence-corrected chi connectivity index (χ0v) is 15.6. The molecule has 2 aromatic carbocycles. The number of halogens is 1. The Kier molecular flexibility index (Phi) is 5.62. The number of nitrogens with zero attached hydrogens (tertiary/aromatic N) is 1. The van der Waals surface area contributed by atoms with Crippen molar-refractivity contribution in [1.82, 2.24) is 4.90 Å². The fourth-order valence-electron chi connectivity index (χ4n) is 3.22. The summed E-state index contributed by atoms with van der Waals surface area (Å²) in [6.07, 6.45) is 2.00. The summed E-state index contributed by atoms with van der Waals surface area (Å²) in [5, 5.41) is 8.54. The number of benzene rings is 2. The summed E-state index contributed by atoms with van der Waals surface area (Å²) in [7, 11) is -3.74. The van der Waals surface area contributed by atoms with Crippen molar-refractivity contribution in [3.8, 4) is 0 Å². The maximum atomic E-state index is 12.4. The zero-order chi connectivity index (χ0) is 18.7. The number of anilines is 1. The lowest BCUT2D eigenvalue weighted by Crippen LogP contribution is -2.32. The largest absolute Gasteiger partial charge is 0.325 e. The van der Waals surface area contributed by atoms with Crippen LogP contribution in [0.25, 0.3) is 0 Å². The second-order valence-corrected chi connectivity index (χ2v) is 8.30. The third-order valence-corrected chi connectivity index (χ3v) is 5.57. The molecule has 1 aliphatic rings. The summed E-state index contributed by atoms with van der Waals surface area (Å²) in [6.45, 7) is 1.10. The van der Waals surface area contributed by atoms with Gasteiger partial charge in [0.25, 0.3) is 0 Å². The van der Waals surface area contributed by atoms with Gasteiger partial charge >= 0.3 is 0 Å². The number of likely N-dealkylation sites (tertiary alicyclic amines) is 1. The minimum atomic E-state index is -3.74. The molecule has 2 aromatic rings. The molecule has 1 amide bonds. The predicted octanol–water partition coefficient (Wildman–Crippen LogP) is 2.76. The number of nitrogens with two attached hydrogens (primary N) is 1. The van der Waals surface area contributed by atoms with Gasteiger partial charge in [0.15, 0.2) is 0 Å². The first kappa shape index (κ1) is 18.8. The Bertz CT molecular complexity index is 900. The van der Waals surface area contributed by atoms with Gasteiger partial charge in [0.2, 0.25) is 15.9 Å². The first-order valence-electron chi connectivity index (χ1n) is 8.25. The van der Waals surface area contributed by atoms with Crippen LogP contribution in [0, 0.1) is 0 Å². The fraction of sp³-hybridized carbons (Fsp3) is 0.278. The standard InChI is InChI=1S/C18H20ClN3O3S/c19-14-4-1-3-13(11-14)17-5-2-10-22(17)12-18(23)21-15-6-8-16(9-7-15)26(20,24)25/h1,3-4,6-9,11,17H,2,5,10,12H2,(H,21,23)(H2,20,24,25). The molecule has 0 aromatic heterocycles. The van der Waals surface area contributed by atoms with Crippen LogP contribution in [0.5, 0.6) is 0 Å². The molecule has 1 unspecified atom stereocenters. The van der Waals surface area contributed by atoms with E-state index in [0.29, 0.717) is 10.7 Å².